The van der Waals surface area contributed by atoms with Gasteiger partial charge in [-0.25, -0.2) is 9.59 Å². The fourth-order valence-corrected chi connectivity index (χ4v) is 4.77. The Bertz CT molecular complexity index is 990. The Balaban J connectivity index is 1.24. The van der Waals surface area contributed by atoms with Crippen molar-refractivity contribution in [2.45, 2.75) is 70.7 Å². The minimum Gasteiger partial charge on any atom is -0.444 e. The largest absolute Gasteiger partial charge is 0.444 e. The first-order valence-corrected chi connectivity index (χ1v) is 12.7. The van der Waals surface area contributed by atoms with Crippen LogP contribution in [0.25, 0.3) is 0 Å². The highest BCUT2D eigenvalue weighted by molar-refractivity contribution is 6.06. The molecule has 10 heteroatoms. The number of nitrogens with zero attached hydrogens (tertiary/aromatic N) is 3. The molecule has 3 heterocycles. The van der Waals surface area contributed by atoms with Gasteiger partial charge in [0.25, 0.3) is 5.91 Å². The van der Waals surface area contributed by atoms with E-state index in [0.29, 0.717) is 44.0 Å². The molecule has 196 valence electrons. The average Bonchev–Trinajstić information content (AvgIpc) is 2.83. The summed E-state index contributed by atoms with van der Waals surface area (Å²) >= 11 is 0. The molecular formula is C26H36N4O6. The van der Waals surface area contributed by atoms with Gasteiger partial charge in [-0.2, -0.15) is 0 Å². The van der Waals surface area contributed by atoms with E-state index < -0.39 is 11.6 Å². The van der Waals surface area contributed by atoms with Crippen LogP contribution in [-0.4, -0.2) is 84.3 Å². The Morgan fingerprint density at radius 3 is 2.11 bits per heavy atom. The van der Waals surface area contributed by atoms with Gasteiger partial charge in [0.2, 0.25) is 5.91 Å². The second kappa shape index (κ2) is 10.9. The van der Waals surface area contributed by atoms with E-state index in [4.69, 9.17) is 9.47 Å². The summed E-state index contributed by atoms with van der Waals surface area (Å²) in [5.74, 6) is -0.364. The van der Waals surface area contributed by atoms with Crippen LogP contribution >= 0.6 is 0 Å². The van der Waals surface area contributed by atoms with E-state index in [-0.39, 0.29) is 36.5 Å². The molecule has 3 aliphatic rings. The van der Waals surface area contributed by atoms with Crippen molar-refractivity contribution in [3.63, 3.8) is 0 Å². The number of rotatable bonds is 4. The highest BCUT2D eigenvalue weighted by atomic mass is 16.6. The van der Waals surface area contributed by atoms with Crippen molar-refractivity contribution < 1.29 is 28.7 Å². The second-order valence-corrected chi connectivity index (χ2v) is 10.6. The predicted molar refractivity (Wildman–Crippen MR) is 133 cm³/mol. The Hall–Kier alpha value is -3.14. The number of ether oxygens (including phenoxy) is 2. The Labute approximate surface area is 211 Å². The number of benzene rings is 1. The number of nitrogens with one attached hydrogen (secondary N) is 1. The van der Waals surface area contributed by atoms with Crippen LogP contribution in [0.4, 0.5) is 15.3 Å². The van der Waals surface area contributed by atoms with Crippen molar-refractivity contribution in [3.05, 3.63) is 29.8 Å². The van der Waals surface area contributed by atoms with E-state index in [1.165, 1.54) is 4.90 Å². The summed E-state index contributed by atoms with van der Waals surface area (Å²) in [6.07, 6.45) is 3.23. The molecule has 4 rings (SSSR count). The van der Waals surface area contributed by atoms with Gasteiger partial charge in [-0.3, -0.25) is 19.8 Å². The summed E-state index contributed by atoms with van der Waals surface area (Å²) < 4.78 is 11.8. The zero-order chi connectivity index (χ0) is 25.9. The van der Waals surface area contributed by atoms with Gasteiger partial charge >= 0.3 is 12.1 Å². The number of urea groups is 1. The quantitative estimate of drug-likeness (QED) is 0.680. The molecule has 3 aliphatic heterocycles. The summed E-state index contributed by atoms with van der Waals surface area (Å²) in [4.78, 5) is 54.0. The smallest absolute Gasteiger partial charge is 0.410 e. The molecule has 3 fully saturated rings. The second-order valence-electron chi connectivity index (χ2n) is 10.6. The van der Waals surface area contributed by atoms with Gasteiger partial charge in [-0.1, -0.05) is 6.07 Å². The van der Waals surface area contributed by atoms with E-state index in [9.17, 15) is 19.2 Å². The van der Waals surface area contributed by atoms with Crippen molar-refractivity contribution >= 4 is 29.6 Å². The Morgan fingerprint density at radius 1 is 0.917 bits per heavy atom. The van der Waals surface area contributed by atoms with E-state index in [0.717, 1.165) is 25.7 Å². The lowest BCUT2D eigenvalue weighted by Gasteiger charge is -2.37. The van der Waals surface area contributed by atoms with E-state index in [1.54, 1.807) is 29.2 Å². The molecule has 1 aromatic rings. The van der Waals surface area contributed by atoms with Crippen LogP contribution in [0.5, 0.6) is 0 Å². The number of imide groups is 1. The molecule has 10 nitrogen and oxygen atoms in total. The number of carbonyl (C=O) groups excluding carboxylic acids is 4. The first kappa shape index (κ1) is 25.9. The minimum atomic E-state index is -0.500. The summed E-state index contributed by atoms with van der Waals surface area (Å²) in [5, 5.41) is 2.31. The van der Waals surface area contributed by atoms with Gasteiger partial charge in [0.15, 0.2) is 0 Å². The van der Waals surface area contributed by atoms with Crippen molar-refractivity contribution in [1.29, 1.82) is 0 Å². The normalized spacial score (nSPS) is 20.4. The van der Waals surface area contributed by atoms with E-state index in [2.05, 4.69) is 5.32 Å². The van der Waals surface area contributed by atoms with Gasteiger partial charge in [0.05, 0.1) is 12.2 Å². The molecule has 0 saturated carbocycles. The minimum absolute atomic E-state index is 0.0746. The summed E-state index contributed by atoms with van der Waals surface area (Å²) in [7, 11) is 0. The van der Waals surface area contributed by atoms with Crippen LogP contribution in [0.2, 0.25) is 0 Å². The SMILES string of the molecule is CC(C)(C)OC(=O)N1CCC(OC2CCN(C(=O)c3cccc(N4CCC(=O)NC4=O)c3)CC2)CC1. The van der Waals surface area contributed by atoms with Gasteiger partial charge in [-0.05, 0) is 64.7 Å². The number of amides is 5. The van der Waals surface area contributed by atoms with Crippen molar-refractivity contribution in [2.24, 2.45) is 0 Å². The Morgan fingerprint density at radius 2 is 1.53 bits per heavy atom. The summed E-state index contributed by atoms with van der Waals surface area (Å²) in [6.45, 7) is 8.34. The van der Waals surface area contributed by atoms with Crippen molar-refractivity contribution in [3.8, 4) is 0 Å². The molecule has 1 N–H and O–H groups in total. The van der Waals surface area contributed by atoms with Gasteiger partial charge < -0.3 is 19.3 Å². The molecule has 36 heavy (non-hydrogen) atoms. The average molecular weight is 501 g/mol. The molecular weight excluding hydrogens is 464 g/mol. The standard InChI is InChI=1S/C26H36N4O6/c1-26(2,3)36-25(34)29-14-9-21(10-15-29)35-20-7-12-28(13-8-20)23(32)18-5-4-6-19(17-18)30-16-11-22(31)27-24(30)33/h4-6,17,20-21H,7-16H2,1-3H3,(H,27,31,33). The number of likely N-dealkylation sites (tertiary alicyclic amines) is 2. The van der Waals surface area contributed by atoms with E-state index >= 15 is 0 Å². The number of hydrogen-bond acceptors (Lipinski definition) is 6. The topological polar surface area (TPSA) is 108 Å². The number of hydrogen-bond donors (Lipinski definition) is 1. The maximum atomic E-state index is 13.1. The molecule has 0 spiro atoms. The van der Waals surface area contributed by atoms with Gasteiger partial charge in [0, 0.05) is 50.4 Å². The molecule has 0 atom stereocenters. The van der Waals surface area contributed by atoms with E-state index in [1.807, 2.05) is 25.7 Å². The zero-order valence-corrected chi connectivity index (χ0v) is 21.3. The zero-order valence-electron chi connectivity index (χ0n) is 21.3. The Kier molecular flexibility index (Phi) is 7.82. The van der Waals surface area contributed by atoms with Crippen LogP contribution in [0.1, 0.15) is 63.2 Å². The molecule has 5 amide bonds. The highest BCUT2D eigenvalue weighted by Crippen LogP contribution is 2.24. The first-order chi connectivity index (χ1) is 17.1. The summed E-state index contributed by atoms with van der Waals surface area (Å²) in [6, 6.07) is 6.51. The lowest BCUT2D eigenvalue weighted by atomic mass is 10.0. The first-order valence-electron chi connectivity index (χ1n) is 12.7. The van der Waals surface area contributed by atoms with Crippen LogP contribution in [-0.2, 0) is 14.3 Å². The van der Waals surface area contributed by atoms with Crippen LogP contribution < -0.4 is 10.2 Å². The monoisotopic (exact) mass is 500 g/mol. The molecule has 0 bridgehead atoms. The van der Waals surface area contributed by atoms with Crippen LogP contribution in [0.3, 0.4) is 0 Å². The molecule has 3 saturated heterocycles. The summed E-state index contributed by atoms with van der Waals surface area (Å²) in [5.41, 5.74) is 0.618. The number of piperidine rings is 2. The van der Waals surface area contributed by atoms with Crippen LogP contribution in [0.15, 0.2) is 24.3 Å². The van der Waals surface area contributed by atoms with Gasteiger partial charge in [-0.15, -0.1) is 0 Å². The number of carbonyl (C=O) groups is 4. The maximum absolute atomic E-state index is 13.1. The van der Waals surface area contributed by atoms with Crippen LogP contribution in [0, 0.1) is 0 Å². The van der Waals surface area contributed by atoms with Crippen molar-refractivity contribution in [2.75, 3.05) is 37.6 Å². The molecule has 0 aliphatic carbocycles. The fraction of sp³-hybridized carbons (Fsp3) is 0.615. The van der Waals surface area contributed by atoms with Gasteiger partial charge in [0.1, 0.15) is 5.60 Å². The number of anilines is 1. The highest BCUT2D eigenvalue weighted by Gasteiger charge is 2.31. The van der Waals surface area contributed by atoms with Crippen molar-refractivity contribution in [1.82, 2.24) is 15.1 Å². The lowest BCUT2D eigenvalue weighted by molar-refractivity contribution is -0.120. The third kappa shape index (κ3) is 6.54. The maximum Gasteiger partial charge on any atom is 0.410 e. The molecule has 0 radical (unpaired) electrons. The molecule has 0 aromatic heterocycles. The molecule has 0 unspecified atom stereocenters. The third-order valence-electron chi connectivity index (χ3n) is 6.67. The predicted octanol–water partition coefficient (Wildman–Crippen LogP) is 3.15. The third-order valence-corrected chi connectivity index (χ3v) is 6.67. The molecule has 1 aromatic carbocycles. The lowest BCUT2D eigenvalue weighted by Crippen LogP contribution is -2.49. The fourth-order valence-electron chi connectivity index (χ4n) is 4.77.